The molecule has 1 aromatic heterocycles. The quantitative estimate of drug-likeness (QED) is 0.513. The van der Waals surface area contributed by atoms with E-state index in [1.165, 1.54) is 40.3 Å². The van der Waals surface area contributed by atoms with Gasteiger partial charge in [0, 0.05) is 62.3 Å². The normalized spacial score (nSPS) is 20.0. The molecule has 2 aliphatic rings. The van der Waals surface area contributed by atoms with Crippen molar-refractivity contribution < 1.29 is 14.0 Å². The van der Waals surface area contributed by atoms with Crippen LogP contribution in [0.2, 0.25) is 0 Å². The standard InChI is InChI=1S/C29H33FN4O2S/c1-21-5-2-3-6-23(21)18-33(20-26-7-4-16-37-26)25-17-27(29(36)32-14-12-31-13-15-32)34(19-25)28(35)22-8-10-24(30)11-9-22/h2-11,16,25,27,31H,12-15,17-20H2,1H3. The number of nitrogens with one attached hydrogen (secondary N) is 1. The predicted molar refractivity (Wildman–Crippen MR) is 144 cm³/mol. The third-order valence-corrected chi connectivity index (χ3v) is 8.30. The van der Waals surface area contributed by atoms with Crippen LogP contribution < -0.4 is 5.32 Å². The van der Waals surface area contributed by atoms with E-state index in [1.54, 1.807) is 16.2 Å². The smallest absolute Gasteiger partial charge is 0.254 e. The Balaban J connectivity index is 1.44. The highest BCUT2D eigenvalue weighted by Gasteiger charge is 2.43. The van der Waals surface area contributed by atoms with Crippen molar-refractivity contribution in [1.29, 1.82) is 0 Å². The number of thiophene rings is 1. The summed E-state index contributed by atoms with van der Waals surface area (Å²) in [5.41, 5.74) is 2.88. The van der Waals surface area contributed by atoms with Crippen LogP contribution in [0.25, 0.3) is 0 Å². The second-order valence-corrected chi connectivity index (χ2v) is 10.9. The van der Waals surface area contributed by atoms with E-state index in [0.29, 0.717) is 31.6 Å². The van der Waals surface area contributed by atoms with E-state index in [9.17, 15) is 14.0 Å². The van der Waals surface area contributed by atoms with Crippen molar-refractivity contribution in [1.82, 2.24) is 20.0 Å². The molecule has 37 heavy (non-hydrogen) atoms. The first-order valence-corrected chi connectivity index (χ1v) is 13.7. The summed E-state index contributed by atoms with van der Waals surface area (Å²) in [6, 6.07) is 17.7. The van der Waals surface area contributed by atoms with E-state index >= 15 is 0 Å². The van der Waals surface area contributed by atoms with Crippen LogP contribution in [0.15, 0.2) is 66.0 Å². The maximum Gasteiger partial charge on any atom is 0.254 e. The minimum absolute atomic E-state index is 0.00595. The Morgan fingerprint density at radius 3 is 2.49 bits per heavy atom. The molecular weight excluding hydrogens is 487 g/mol. The first-order chi connectivity index (χ1) is 18.0. The molecule has 2 atom stereocenters. The molecule has 194 valence electrons. The number of likely N-dealkylation sites (tertiary alicyclic amines) is 1. The predicted octanol–water partition coefficient (Wildman–Crippen LogP) is 3.91. The average Bonchev–Trinajstić information content (AvgIpc) is 3.60. The highest BCUT2D eigenvalue weighted by atomic mass is 32.1. The van der Waals surface area contributed by atoms with Crippen LogP contribution in [0.1, 0.15) is 32.8 Å². The van der Waals surface area contributed by atoms with Crippen LogP contribution in [0.3, 0.4) is 0 Å². The highest BCUT2D eigenvalue weighted by molar-refractivity contribution is 7.09. The second-order valence-electron chi connectivity index (χ2n) is 9.86. The number of hydrogen-bond acceptors (Lipinski definition) is 5. The molecule has 2 fully saturated rings. The van der Waals surface area contributed by atoms with Gasteiger partial charge in [0.05, 0.1) is 0 Å². The number of piperazine rings is 1. The third kappa shape index (κ3) is 5.92. The molecular formula is C29H33FN4O2S. The SMILES string of the molecule is Cc1ccccc1CN(Cc1cccs1)C1CC(C(=O)N2CCNCC2)N(C(=O)c2ccc(F)cc2)C1. The minimum Gasteiger partial charge on any atom is -0.338 e. The summed E-state index contributed by atoms with van der Waals surface area (Å²) in [7, 11) is 0. The Morgan fingerprint density at radius 1 is 1.03 bits per heavy atom. The summed E-state index contributed by atoms with van der Waals surface area (Å²) in [6.07, 6.45) is 0.576. The fourth-order valence-electron chi connectivity index (χ4n) is 5.31. The molecule has 3 aromatic rings. The van der Waals surface area contributed by atoms with Crippen LogP contribution in [0.5, 0.6) is 0 Å². The number of aryl methyl sites for hydroxylation is 1. The average molecular weight is 521 g/mol. The van der Waals surface area contributed by atoms with Crippen molar-refractivity contribution >= 4 is 23.2 Å². The Labute approximate surface area is 221 Å². The van der Waals surface area contributed by atoms with Crippen molar-refractivity contribution in [2.75, 3.05) is 32.7 Å². The van der Waals surface area contributed by atoms with Gasteiger partial charge in [0.15, 0.2) is 0 Å². The molecule has 0 spiro atoms. The fourth-order valence-corrected chi connectivity index (χ4v) is 6.04. The molecule has 1 N–H and O–H groups in total. The van der Waals surface area contributed by atoms with Gasteiger partial charge in [-0.15, -0.1) is 11.3 Å². The largest absolute Gasteiger partial charge is 0.338 e. The van der Waals surface area contributed by atoms with Crippen molar-refractivity contribution in [2.45, 2.75) is 38.5 Å². The van der Waals surface area contributed by atoms with E-state index in [2.05, 4.69) is 52.9 Å². The monoisotopic (exact) mass is 520 g/mol. The van der Waals surface area contributed by atoms with Crippen LogP contribution in [-0.2, 0) is 17.9 Å². The van der Waals surface area contributed by atoms with Gasteiger partial charge < -0.3 is 15.1 Å². The Hall–Kier alpha value is -3.07. The molecule has 0 bridgehead atoms. The fraction of sp³-hybridized carbons (Fsp3) is 0.379. The van der Waals surface area contributed by atoms with Crippen LogP contribution in [-0.4, -0.2) is 71.3 Å². The molecule has 2 saturated heterocycles. The lowest BCUT2D eigenvalue weighted by atomic mass is 10.1. The zero-order valence-corrected chi connectivity index (χ0v) is 21.9. The number of carbonyl (C=O) groups excluding carboxylic acids is 2. The van der Waals surface area contributed by atoms with Gasteiger partial charge in [-0.3, -0.25) is 14.5 Å². The number of amides is 2. The van der Waals surface area contributed by atoms with Gasteiger partial charge in [-0.25, -0.2) is 4.39 Å². The maximum atomic E-state index is 13.7. The molecule has 2 aromatic carbocycles. The van der Waals surface area contributed by atoms with E-state index in [4.69, 9.17) is 0 Å². The van der Waals surface area contributed by atoms with Gasteiger partial charge in [-0.2, -0.15) is 0 Å². The second kappa shape index (κ2) is 11.5. The van der Waals surface area contributed by atoms with Crippen molar-refractivity contribution in [3.63, 3.8) is 0 Å². The van der Waals surface area contributed by atoms with E-state index in [0.717, 1.165) is 26.2 Å². The molecule has 2 amide bonds. The Morgan fingerprint density at radius 2 is 1.78 bits per heavy atom. The molecule has 2 aliphatic heterocycles. The first-order valence-electron chi connectivity index (χ1n) is 12.9. The molecule has 0 radical (unpaired) electrons. The van der Waals surface area contributed by atoms with Gasteiger partial charge in [-0.05, 0) is 60.2 Å². The summed E-state index contributed by atoms with van der Waals surface area (Å²) < 4.78 is 13.6. The van der Waals surface area contributed by atoms with Gasteiger partial charge in [0.25, 0.3) is 5.91 Å². The topological polar surface area (TPSA) is 55.9 Å². The number of hydrogen-bond donors (Lipinski definition) is 1. The molecule has 8 heteroatoms. The van der Waals surface area contributed by atoms with Gasteiger partial charge in [0.2, 0.25) is 5.91 Å². The maximum absolute atomic E-state index is 13.7. The van der Waals surface area contributed by atoms with E-state index in [-0.39, 0.29) is 23.7 Å². The number of nitrogens with zero attached hydrogens (tertiary/aromatic N) is 3. The zero-order chi connectivity index (χ0) is 25.8. The van der Waals surface area contributed by atoms with Gasteiger partial charge in [-0.1, -0.05) is 30.3 Å². The highest BCUT2D eigenvalue weighted by Crippen LogP contribution is 2.29. The summed E-state index contributed by atoms with van der Waals surface area (Å²) in [6.45, 7) is 6.86. The number of halogens is 1. The zero-order valence-electron chi connectivity index (χ0n) is 21.1. The Kier molecular flexibility index (Phi) is 7.98. The van der Waals surface area contributed by atoms with Crippen molar-refractivity contribution in [3.8, 4) is 0 Å². The third-order valence-electron chi connectivity index (χ3n) is 7.43. The minimum atomic E-state index is -0.539. The lowest BCUT2D eigenvalue weighted by Crippen LogP contribution is -2.53. The van der Waals surface area contributed by atoms with Crippen molar-refractivity contribution in [2.24, 2.45) is 0 Å². The summed E-state index contributed by atoms with van der Waals surface area (Å²) >= 11 is 1.72. The summed E-state index contributed by atoms with van der Waals surface area (Å²) in [5, 5.41) is 5.37. The Bertz CT molecular complexity index is 1210. The van der Waals surface area contributed by atoms with E-state index < -0.39 is 6.04 Å². The van der Waals surface area contributed by atoms with Crippen LogP contribution in [0, 0.1) is 12.7 Å². The molecule has 0 aliphatic carbocycles. The van der Waals surface area contributed by atoms with Crippen molar-refractivity contribution in [3.05, 3.63) is 93.4 Å². The van der Waals surface area contributed by atoms with Crippen LogP contribution >= 0.6 is 11.3 Å². The first kappa shape index (κ1) is 25.6. The summed E-state index contributed by atoms with van der Waals surface area (Å²) in [5.74, 6) is -0.598. The molecule has 3 heterocycles. The lowest BCUT2D eigenvalue weighted by Gasteiger charge is -2.32. The van der Waals surface area contributed by atoms with Gasteiger partial charge in [0.1, 0.15) is 11.9 Å². The molecule has 0 saturated carbocycles. The van der Waals surface area contributed by atoms with E-state index in [1.807, 2.05) is 11.0 Å². The van der Waals surface area contributed by atoms with Gasteiger partial charge >= 0.3 is 0 Å². The molecule has 6 nitrogen and oxygen atoms in total. The molecule has 5 rings (SSSR count). The molecule has 2 unspecified atom stereocenters. The lowest BCUT2D eigenvalue weighted by molar-refractivity contribution is -0.135. The van der Waals surface area contributed by atoms with Crippen LogP contribution in [0.4, 0.5) is 4.39 Å². The number of benzene rings is 2. The number of carbonyl (C=O) groups is 2. The number of rotatable bonds is 7. The summed E-state index contributed by atoms with van der Waals surface area (Å²) in [4.78, 5) is 34.6.